The van der Waals surface area contributed by atoms with Crippen molar-refractivity contribution in [2.45, 2.75) is 13.0 Å². The fraction of sp³-hybridized carbons (Fsp3) is 0.222. The van der Waals surface area contributed by atoms with Gasteiger partial charge in [0.25, 0.3) is 0 Å². The summed E-state index contributed by atoms with van der Waals surface area (Å²) in [5.41, 5.74) is 7.48. The fourth-order valence-corrected chi connectivity index (χ4v) is 2.89. The number of aromatic nitrogens is 4. The number of benzene rings is 1. The lowest BCUT2D eigenvalue weighted by Crippen LogP contribution is -2.13. The van der Waals surface area contributed by atoms with Gasteiger partial charge in [-0.1, -0.05) is 23.2 Å². The van der Waals surface area contributed by atoms with Crippen LogP contribution in [0.15, 0.2) is 14.8 Å². The smallest absolute Gasteiger partial charge is 0.173 e. The highest BCUT2D eigenvalue weighted by Crippen LogP contribution is 2.46. The van der Waals surface area contributed by atoms with Gasteiger partial charge in [0.2, 0.25) is 0 Å². The minimum atomic E-state index is -0.344. The van der Waals surface area contributed by atoms with Gasteiger partial charge in [0, 0.05) is 0 Å². The van der Waals surface area contributed by atoms with Crippen LogP contribution in [0.1, 0.15) is 18.8 Å². The Bertz CT molecular complexity index is 732. The molecule has 0 spiro atoms. The Morgan fingerprint density at radius 3 is 2.74 bits per heavy atom. The van der Waals surface area contributed by atoms with Crippen molar-refractivity contribution in [2.24, 2.45) is 14.5 Å². The van der Waals surface area contributed by atoms with E-state index in [4.69, 9.17) is 28.9 Å². The van der Waals surface area contributed by atoms with Gasteiger partial charge in [0.1, 0.15) is 17.1 Å². The highest BCUT2D eigenvalue weighted by atomic mass is 35.5. The topological polar surface area (TPSA) is 94.3 Å². The monoisotopic (exact) mass is 315 g/mol. The lowest BCUT2D eigenvalue weighted by atomic mass is 10.2. The first kappa shape index (κ1) is 12.7. The van der Waals surface area contributed by atoms with E-state index in [1.807, 2.05) is 0 Å². The Morgan fingerprint density at radius 2 is 2.00 bits per heavy atom. The van der Waals surface area contributed by atoms with Crippen molar-refractivity contribution >= 4 is 45.9 Å². The van der Waals surface area contributed by atoms with Gasteiger partial charge in [0.05, 0.1) is 27.4 Å². The van der Waals surface area contributed by atoms with E-state index in [1.165, 1.54) is 4.68 Å². The van der Waals surface area contributed by atoms with Crippen LogP contribution in [0.4, 0.5) is 11.4 Å². The fourth-order valence-electron chi connectivity index (χ4n) is 1.70. The van der Waals surface area contributed by atoms with Crippen molar-refractivity contribution in [1.82, 2.24) is 20.2 Å². The van der Waals surface area contributed by atoms with E-state index in [0.717, 1.165) is 11.4 Å². The van der Waals surface area contributed by atoms with Crippen LogP contribution in [0, 0.1) is 0 Å². The Labute approximate surface area is 121 Å². The second-order valence-corrected chi connectivity index (χ2v) is 5.23. The summed E-state index contributed by atoms with van der Waals surface area (Å²) >= 11 is 13.3. The summed E-state index contributed by atoms with van der Waals surface area (Å²) in [6.07, 6.45) is 0. The van der Waals surface area contributed by atoms with Crippen LogP contribution >= 0.6 is 23.2 Å². The van der Waals surface area contributed by atoms with Crippen molar-refractivity contribution in [2.75, 3.05) is 0 Å². The molecule has 1 aliphatic rings. The van der Waals surface area contributed by atoms with Gasteiger partial charge in [-0.05, 0) is 23.4 Å². The SMILES string of the molecule is CC(N)c1nnnn1-c1c(Cl)cc(Cl)c2c1N=S=N2. The molecule has 19 heavy (non-hydrogen) atoms. The highest BCUT2D eigenvalue weighted by Gasteiger charge is 2.24. The van der Waals surface area contributed by atoms with E-state index in [9.17, 15) is 0 Å². The molecule has 0 saturated heterocycles. The summed E-state index contributed by atoms with van der Waals surface area (Å²) in [6.45, 7) is 1.78. The maximum Gasteiger partial charge on any atom is 0.173 e. The van der Waals surface area contributed by atoms with Crippen LogP contribution in [-0.2, 0) is 11.4 Å². The van der Waals surface area contributed by atoms with Crippen LogP contribution in [0.2, 0.25) is 10.0 Å². The number of hydrogen-bond acceptors (Lipinski definition) is 6. The van der Waals surface area contributed by atoms with E-state index in [2.05, 4.69) is 24.3 Å². The van der Waals surface area contributed by atoms with Gasteiger partial charge < -0.3 is 5.73 Å². The molecule has 2 heterocycles. The Morgan fingerprint density at radius 1 is 1.26 bits per heavy atom. The quantitative estimate of drug-likeness (QED) is 0.786. The molecule has 2 aromatic rings. The third-order valence-corrected chi connectivity index (χ3v) is 3.64. The third kappa shape index (κ3) is 1.96. The van der Waals surface area contributed by atoms with E-state index in [-0.39, 0.29) is 6.04 Å². The van der Waals surface area contributed by atoms with Crippen molar-refractivity contribution < 1.29 is 0 Å². The van der Waals surface area contributed by atoms with Crippen molar-refractivity contribution in [3.63, 3.8) is 0 Å². The molecule has 7 nitrogen and oxygen atoms in total. The molecule has 98 valence electrons. The van der Waals surface area contributed by atoms with Crippen molar-refractivity contribution in [3.05, 3.63) is 21.9 Å². The third-order valence-electron chi connectivity index (χ3n) is 2.53. The summed E-state index contributed by atoms with van der Waals surface area (Å²) in [5, 5.41) is 12.2. The van der Waals surface area contributed by atoms with E-state index >= 15 is 0 Å². The minimum absolute atomic E-state index is 0.344. The zero-order valence-electron chi connectivity index (χ0n) is 9.58. The summed E-state index contributed by atoms with van der Waals surface area (Å²) in [4.78, 5) is 0. The zero-order chi connectivity index (χ0) is 13.6. The average molecular weight is 316 g/mol. The lowest BCUT2D eigenvalue weighted by Gasteiger charge is -2.11. The number of nitrogens with zero attached hydrogens (tertiary/aromatic N) is 6. The first-order valence-corrected chi connectivity index (χ1v) is 6.72. The van der Waals surface area contributed by atoms with Crippen molar-refractivity contribution in [1.29, 1.82) is 0 Å². The summed E-state index contributed by atoms with van der Waals surface area (Å²) < 4.78 is 9.80. The van der Waals surface area contributed by atoms with Gasteiger partial charge in [0.15, 0.2) is 5.82 Å². The highest BCUT2D eigenvalue weighted by molar-refractivity contribution is 7.58. The average Bonchev–Trinajstić information content (AvgIpc) is 2.96. The summed E-state index contributed by atoms with van der Waals surface area (Å²) in [6, 6.07) is 1.25. The largest absolute Gasteiger partial charge is 0.321 e. The Balaban J connectivity index is 2.30. The van der Waals surface area contributed by atoms with Crippen LogP contribution < -0.4 is 5.73 Å². The molecule has 2 N–H and O–H groups in total. The van der Waals surface area contributed by atoms with Gasteiger partial charge in [-0.2, -0.15) is 13.4 Å². The predicted octanol–water partition coefficient (Wildman–Crippen LogP) is 2.72. The standard InChI is InChI=1S/C9H7Cl2N7S/c1-3(12)9-13-16-17-18(9)8-5(11)2-4(10)6-7(8)15-19-14-6/h2-3H,12H2,1H3. The molecule has 1 atom stereocenters. The molecular weight excluding hydrogens is 309 g/mol. The Kier molecular flexibility index (Phi) is 3.09. The number of fused-ring (bicyclic) bond motifs is 1. The molecule has 0 saturated carbocycles. The van der Waals surface area contributed by atoms with E-state index in [0.29, 0.717) is 32.9 Å². The van der Waals surface area contributed by atoms with Gasteiger partial charge in [-0.25, -0.2) is 0 Å². The zero-order valence-corrected chi connectivity index (χ0v) is 11.9. The first-order chi connectivity index (χ1) is 9.09. The molecule has 0 aliphatic carbocycles. The number of nitrogens with two attached hydrogens (primary N) is 1. The van der Waals surface area contributed by atoms with E-state index in [1.54, 1.807) is 13.0 Å². The molecule has 0 bridgehead atoms. The van der Waals surface area contributed by atoms with Gasteiger partial charge in [-0.15, -0.1) is 5.10 Å². The van der Waals surface area contributed by atoms with Gasteiger partial charge >= 0.3 is 0 Å². The van der Waals surface area contributed by atoms with E-state index < -0.39 is 0 Å². The predicted molar refractivity (Wildman–Crippen MR) is 73.3 cm³/mol. The number of rotatable bonds is 2. The summed E-state index contributed by atoms with van der Waals surface area (Å²) in [5.74, 6) is 0.485. The van der Waals surface area contributed by atoms with Crippen molar-refractivity contribution in [3.8, 4) is 5.69 Å². The molecule has 0 amide bonds. The second kappa shape index (κ2) is 4.64. The number of hydrogen-bond donors (Lipinski definition) is 1. The molecule has 1 unspecified atom stereocenters. The second-order valence-electron chi connectivity index (χ2n) is 3.89. The molecule has 0 radical (unpaired) electrons. The minimum Gasteiger partial charge on any atom is -0.321 e. The molecule has 0 fully saturated rings. The van der Waals surface area contributed by atoms with Crippen LogP contribution in [0.3, 0.4) is 0 Å². The Hall–Kier alpha value is -1.35. The molecule has 1 aromatic heterocycles. The molecule has 1 aliphatic heterocycles. The molecule has 1 aromatic carbocycles. The first-order valence-electron chi connectivity index (χ1n) is 5.24. The maximum absolute atomic E-state index is 6.23. The van der Waals surface area contributed by atoms with Crippen LogP contribution in [-0.4, -0.2) is 20.2 Å². The molecule has 10 heteroatoms. The molecular formula is C9H7Cl2N7S. The number of tetrazole rings is 1. The maximum atomic E-state index is 6.23. The normalized spacial score (nSPS) is 14.3. The van der Waals surface area contributed by atoms with Crippen LogP contribution in [0.25, 0.3) is 5.69 Å². The van der Waals surface area contributed by atoms with Crippen LogP contribution in [0.5, 0.6) is 0 Å². The summed E-state index contributed by atoms with van der Waals surface area (Å²) in [7, 11) is 0. The van der Waals surface area contributed by atoms with Gasteiger partial charge in [-0.3, -0.25) is 0 Å². The number of halogens is 2. The lowest BCUT2D eigenvalue weighted by molar-refractivity contribution is 0.689. The molecule has 3 rings (SSSR count).